The van der Waals surface area contributed by atoms with Gasteiger partial charge in [0.1, 0.15) is 11.8 Å². The number of sulfonamides is 1. The number of hydrogen-bond acceptors (Lipinski definition) is 5. The summed E-state index contributed by atoms with van der Waals surface area (Å²) in [6.45, 7) is 4.66. The van der Waals surface area contributed by atoms with Crippen LogP contribution in [0, 0.1) is 0 Å². The topological polar surface area (TPSA) is 96.0 Å². The summed E-state index contributed by atoms with van der Waals surface area (Å²) in [5.74, 6) is -0.0662. The van der Waals surface area contributed by atoms with E-state index in [4.69, 9.17) is 27.9 Å². The van der Waals surface area contributed by atoms with Crippen molar-refractivity contribution in [3.05, 3.63) is 58.1 Å². The van der Waals surface area contributed by atoms with Gasteiger partial charge in [0.15, 0.2) is 0 Å². The lowest BCUT2D eigenvalue weighted by atomic mass is 10.1. The van der Waals surface area contributed by atoms with Crippen LogP contribution >= 0.6 is 23.2 Å². The highest BCUT2D eigenvalue weighted by Crippen LogP contribution is 2.30. The minimum Gasteiger partial charge on any atom is -0.495 e. The smallest absolute Gasteiger partial charge is 0.242 e. The van der Waals surface area contributed by atoms with Gasteiger partial charge in [-0.15, -0.1) is 0 Å². The van der Waals surface area contributed by atoms with Crippen molar-refractivity contribution in [3.8, 4) is 5.75 Å². The molecule has 2 aromatic rings. The van der Waals surface area contributed by atoms with E-state index in [2.05, 4.69) is 5.32 Å². The zero-order valence-corrected chi connectivity index (χ0v) is 24.7. The molecule has 0 aromatic heterocycles. The number of nitrogens with one attached hydrogen (secondary N) is 1. The molecule has 8 nitrogen and oxygen atoms in total. The summed E-state index contributed by atoms with van der Waals surface area (Å²) in [5.41, 5.74) is 1.14. The molecule has 1 N–H and O–H groups in total. The fraction of sp³-hybridized carbons (Fsp3) is 0.481. The molecule has 0 aliphatic carbocycles. The number of methoxy groups -OCH3 is 1. The highest BCUT2D eigenvalue weighted by atomic mass is 35.5. The van der Waals surface area contributed by atoms with Crippen LogP contribution in [0.5, 0.6) is 5.75 Å². The summed E-state index contributed by atoms with van der Waals surface area (Å²) < 4.78 is 31.7. The summed E-state index contributed by atoms with van der Waals surface area (Å²) in [7, 11) is -2.16. The molecule has 11 heteroatoms. The molecule has 210 valence electrons. The van der Waals surface area contributed by atoms with Gasteiger partial charge in [-0.05, 0) is 49.1 Å². The van der Waals surface area contributed by atoms with Gasteiger partial charge < -0.3 is 15.0 Å². The minimum absolute atomic E-state index is 0.0429. The van der Waals surface area contributed by atoms with E-state index in [9.17, 15) is 18.0 Å². The number of anilines is 1. The second kappa shape index (κ2) is 15.2. The van der Waals surface area contributed by atoms with Crippen molar-refractivity contribution in [2.24, 2.45) is 0 Å². The van der Waals surface area contributed by atoms with Crippen molar-refractivity contribution in [2.45, 2.75) is 58.5 Å². The molecule has 0 fully saturated rings. The van der Waals surface area contributed by atoms with Crippen LogP contribution in [0.15, 0.2) is 42.5 Å². The Labute approximate surface area is 236 Å². The van der Waals surface area contributed by atoms with Crippen LogP contribution in [0.4, 0.5) is 5.69 Å². The van der Waals surface area contributed by atoms with E-state index in [1.807, 2.05) is 13.8 Å². The van der Waals surface area contributed by atoms with Crippen LogP contribution in [0.3, 0.4) is 0 Å². The van der Waals surface area contributed by atoms with E-state index in [1.54, 1.807) is 42.5 Å². The van der Waals surface area contributed by atoms with Crippen molar-refractivity contribution in [3.63, 3.8) is 0 Å². The SMILES string of the molecule is CCCCNC(=O)[C@H](CC)N(Cc1ccc(Cl)c(Cl)c1)C(=O)CCCN(c1ccccc1OC)S(C)(=O)=O. The molecule has 2 rings (SSSR count). The van der Waals surface area contributed by atoms with Crippen molar-refractivity contribution in [2.75, 3.05) is 30.8 Å². The van der Waals surface area contributed by atoms with Crippen molar-refractivity contribution in [1.29, 1.82) is 0 Å². The molecule has 1 atom stereocenters. The fourth-order valence-corrected chi connectivity index (χ4v) is 5.37. The normalized spacial score (nSPS) is 12.1. The molecular formula is C27H37Cl2N3O5S. The van der Waals surface area contributed by atoms with Crippen molar-refractivity contribution >= 4 is 50.7 Å². The monoisotopic (exact) mass is 585 g/mol. The first-order valence-corrected chi connectivity index (χ1v) is 15.3. The predicted octanol–water partition coefficient (Wildman–Crippen LogP) is 5.27. The van der Waals surface area contributed by atoms with E-state index in [1.165, 1.54) is 16.3 Å². The van der Waals surface area contributed by atoms with E-state index < -0.39 is 16.1 Å². The first-order valence-electron chi connectivity index (χ1n) is 12.6. The summed E-state index contributed by atoms with van der Waals surface area (Å²) in [6, 6.07) is 11.2. The predicted molar refractivity (Wildman–Crippen MR) is 153 cm³/mol. The second-order valence-electron chi connectivity index (χ2n) is 8.95. The molecule has 38 heavy (non-hydrogen) atoms. The van der Waals surface area contributed by atoms with Gasteiger partial charge in [0, 0.05) is 26.1 Å². The molecule has 2 amide bonds. The van der Waals surface area contributed by atoms with Crippen LogP contribution in [0.1, 0.15) is 51.5 Å². The Morgan fingerprint density at radius 2 is 1.76 bits per heavy atom. The molecule has 0 saturated heterocycles. The van der Waals surface area contributed by atoms with E-state index in [-0.39, 0.29) is 37.7 Å². The summed E-state index contributed by atoms with van der Waals surface area (Å²) in [5, 5.41) is 3.68. The van der Waals surface area contributed by atoms with Gasteiger partial charge in [-0.1, -0.05) is 61.7 Å². The first-order chi connectivity index (χ1) is 18.0. The van der Waals surface area contributed by atoms with Gasteiger partial charge in [0.25, 0.3) is 0 Å². The summed E-state index contributed by atoms with van der Waals surface area (Å²) in [6.07, 6.45) is 3.60. The van der Waals surface area contributed by atoms with Crippen LogP contribution in [0.25, 0.3) is 0 Å². The average Bonchev–Trinajstić information content (AvgIpc) is 2.88. The van der Waals surface area contributed by atoms with Gasteiger partial charge in [-0.25, -0.2) is 8.42 Å². The maximum atomic E-state index is 13.5. The largest absolute Gasteiger partial charge is 0.495 e. The molecule has 0 heterocycles. The zero-order valence-electron chi connectivity index (χ0n) is 22.4. The standard InChI is InChI=1S/C27H37Cl2N3O5S/c1-5-7-16-30-27(34)23(6-2)31(19-20-14-15-21(28)22(29)18-20)26(33)13-10-17-32(38(4,35)36)24-11-8-9-12-25(24)37-3/h8-9,11-12,14-15,18,23H,5-7,10,13,16-17,19H2,1-4H3,(H,30,34)/t23-/m0/s1. The number of para-hydroxylation sites is 2. The number of amides is 2. The van der Waals surface area contributed by atoms with E-state index in [0.717, 1.165) is 24.7 Å². The lowest BCUT2D eigenvalue weighted by Crippen LogP contribution is -2.49. The minimum atomic E-state index is -3.64. The van der Waals surface area contributed by atoms with Crippen LogP contribution < -0.4 is 14.4 Å². The number of benzene rings is 2. The number of carbonyl (C=O) groups is 2. The molecule has 0 bridgehead atoms. The van der Waals surface area contributed by atoms with Crippen LogP contribution in [0.2, 0.25) is 10.0 Å². The molecule has 0 radical (unpaired) electrons. The third-order valence-electron chi connectivity index (χ3n) is 6.06. The fourth-order valence-electron chi connectivity index (χ4n) is 4.08. The lowest BCUT2D eigenvalue weighted by Gasteiger charge is -2.31. The van der Waals surface area contributed by atoms with Gasteiger partial charge in [-0.3, -0.25) is 13.9 Å². The highest BCUT2D eigenvalue weighted by Gasteiger charge is 2.29. The van der Waals surface area contributed by atoms with Gasteiger partial charge in [0.05, 0.1) is 29.1 Å². The number of carbonyl (C=O) groups excluding carboxylic acids is 2. The Hall–Kier alpha value is -2.49. The van der Waals surface area contributed by atoms with Gasteiger partial charge >= 0.3 is 0 Å². The van der Waals surface area contributed by atoms with Gasteiger partial charge in [-0.2, -0.15) is 0 Å². The third kappa shape index (κ3) is 9.06. The maximum absolute atomic E-state index is 13.5. The van der Waals surface area contributed by atoms with Crippen LogP contribution in [-0.2, 0) is 26.2 Å². The third-order valence-corrected chi connectivity index (χ3v) is 7.98. The number of unbranched alkanes of at least 4 members (excludes halogenated alkanes) is 1. The molecule has 2 aromatic carbocycles. The van der Waals surface area contributed by atoms with Crippen LogP contribution in [-0.4, -0.2) is 57.6 Å². The quantitative estimate of drug-likeness (QED) is 0.287. The number of rotatable bonds is 15. The first kappa shape index (κ1) is 31.7. The van der Waals surface area contributed by atoms with Gasteiger partial charge in [0.2, 0.25) is 21.8 Å². The number of halogens is 2. The molecular weight excluding hydrogens is 549 g/mol. The Morgan fingerprint density at radius 3 is 2.37 bits per heavy atom. The highest BCUT2D eigenvalue weighted by molar-refractivity contribution is 7.92. The molecule has 0 aliphatic heterocycles. The zero-order chi connectivity index (χ0) is 28.3. The summed E-state index contributed by atoms with van der Waals surface area (Å²) >= 11 is 12.3. The number of hydrogen-bond donors (Lipinski definition) is 1. The maximum Gasteiger partial charge on any atom is 0.242 e. The van der Waals surface area contributed by atoms with Crippen molar-refractivity contribution < 1.29 is 22.7 Å². The summed E-state index contributed by atoms with van der Waals surface area (Å²) in [4.78, 5) is 28.1. The Kier molecular flexibility index (Phi) is 12.7. The molecule has 0 aliphatic rings. The molecule has 0 saturated carbocycles. The molecule has 0 spiro atoms. The second-order valence-corrected chi connectivity index (χ2v) is 11.7. The Morgan fingerprint density at radius 1 is 1.05 bits per heavy atom. The Balaban J connectivity index is 2.25. The van der Waals surface area contributed by atoms with E-state index in [0.29, 0.717) is 34.4 Å². The lowest BCUT2D eigenvalue weighted by molar-refractivity contribution is -0.141. The Bertz CT molecular complexity index is 1190. The van der Waals surface area contributed by atoms with E-state index >= 15 is 0 Å². The average molecular weight is 587 g/mol. The van der Waals surface area contributed by atoms with Crippen molar-refractivity contribution in [1.82, 2.24) is 10.2 Å². The number of nitrogens with zero attached hydrogens (tertiary/aromatic N) is 2. The molecule has 0 unspecified atom stereocenters. The number of ether oxygens (including phenoxy) is 1.